The maximum absolute atomic E-state index is 14.8. The minimum Gasteiger partial charge on any atom is -0.369 e. The average Bonchev–Trinajstić information content (AvgIpc) is 3.61. The van der Waals surface area contributed by atoms with E-state index in [1.165, 1.54) is 43.8 Å². The van der Waals surface area contributed by atoms with Crippen LogP contribution in [-0.4, -0.2) is 15.6 Å². The van der Waals surface area contributed by atoms with Gasteiger partial charge in [-0.2, -0.15) is 0 Å². The molecule has 1 aliphatic rings. The second kappa shape index (κ2) is 12.5. The van der Waals surface area contributed by atoms with Crippen molar-refractivity contribution in [2.45, 2.75) is 40.8 Å². The van der Waals surface area contributed by atoms with Crippen molar-refractivity contribution in [3.63, 3.8) is 0 Å². The van der Waals surface area contributed by atoms with Gasteiger partial charge in [0, 0.05) is 22.0 Å². The summed E-state index contributed by atoms with van der Waals surface area (Å²) in [6.45, 7) is 10.8. The summed E-state index contributed by atoms with van der Waals surface area (Å²) in [7, 11) is 0. The topological polar surface area (TPSA) is 45.5 Å². The van der Waals surface area contributed by atoms with E-state index >= 15 is 0 Å². The third-order valence-electron chi connectivity index (χ3n) is 11.0. The molecule has 2 heterocycles. The molecule has 1 amide bonds. The second-order valence-corrected chi connectivity index (χ2v) is 14.5. The monoisotopic (exact) mass is 688 g/mol. The number of hydrogen-bond acceptors (Lipinski definition) is 2. The van der Waals surface area contributed by atoms with Crippen molar-refractivity contribution in [2.75, 3.05) is 4.90 Å². The fourth-order valence-electron chi connectivity index (χ4n) is 8.78. The lowest BCUT2D eigenvalue weighted by molar-refractivity contribution is 0.0935. The highest BCUT2D eigenvalue weighted by molar-refractivity contribution is 6.16. The van der Waals surface area contributed by atoms with Gasteiger partial charge < -0.3 is 9.67 Å². The first-order valence-corrected chi connectivity index (χ1v) is 18.2. The molecule has 0 saturated heterocycles. The number of aromatic nitrogens is 1. The zero-order valence-corrected chi connectivity index (χ0v) is 30.6. The molecule has 4 nitrogen and oxygen atoms in total. The number of anilines is 1. The van der Waals surface area contributed by atoms with Crippen LogP contribution < -0.4 is 4.90 Å². The van der Waals surface area contributed by atoms with Gasteiger partial charge in [0.25, 0.3) is 5.91 Å². The summed E-state index contributed by atoms with van der Waals surface area (Å²) in [5, 5.41) is 14.1. The summed E-state index contributed by atoms with van der Waals surface area (Å²) in [5.74, 6) is -0.226. The summed E-state index contributed by atoms with van der Waals surface area (Å²) in [5.41, 5.74) is 17.4. The van der Waals surface area contributed by atoms with Crippen molar-refractivity contribution in [3.8, 4) is 39.1 Å². The quantitative estimate of drug-likeness (QED) is 0.196. The third kappa shape index (κ3) is 5.21. The largest absolute Gasteiger partial charge is 0.369 e. The molecule has 0 aliphatic carbocycles. The summed E-state index contributed by atoms with van der Waals surface area (Å²) in [6.07, 6.45) is -1.13. The lowest BCUT2D eigenvalue weighted by atomic mass is 9.93. The first-order valence-electron chi connectivity index (χ1n) is 18.2. The van der Waals surface area contributed by atoms with E-state index in [0.29, 0.717) is 16.8 Å². The minimum atomic E-state index is -1.13. The van der Waals surface area contributed by atoms with Crippen LogP contribution in [0.1, 0.15) is 50.0 Å². The summed E-state index contributed by atoms with van der Waals surface area (Å²) < 4.78 is 2.25. The predicted octanol–water partition coefficient (Wildman–Crippen LogP) is 12.0. The highest BCUT2D eigenvalue weighted by atomic mass is 16.3. The van der Waals surface area contributed by atoms with Gasteiger partial charge in [0.2, 0.25) is 0 Å². The normalized spacial score (nSPS) is 14.0. The molecule has 9 rings (SSSR count). The number of nitrogens with zero attached hydrogens (tertiary/aromatic N) is 2. The molecule has 1 N–H and O–H groups in total. The highest BCUT2D eigenvalue weighted by Gasteiger charge is 2.39. The summed E-state index contributed by atoms with van der Waals surface area (Å²) in [6, 6.07) is 48.1. The Labute approximate surface area is 310 Å². The Hall–Kier alpha value is -6.23. The highest BCUT2D eigenvalue weighted by Crippen LogP contribution is 2.44. The standard InChI is InChI=1S/C49H40N2O2/c1-29-24-32(4)46(33(5)25-29)37-21-23-40-39-22-20-36(45-30(2)12-9-13-31(45)3)27-43(39)51(44(40)28-37)42-19-11-18-41-47(42)49(53)50(48(41)52)38-17-10-16-35(26-38)34-14-7-6-8-15-34/h6-28,48,52H,1-5H3. The van der Waals surface area contributed by atoms with Gasteiger partial charge in [-0.25, -0.2) is 0 Å². The third-order valence-corrected chi connectivity index (χ3v) is 11.0. The average molecular weight is 689 g/mol. The van der Waals surface area contributed by atoms with E-state index in [2.05, 4.69) is 118 Å². The smallest absolute Gasteiger partial charge is 0.263 e. The van der Waals surface area contributed by atoms with Gasteiger partial charge in [0.1, 0.15) is 0 Å². The Bertz CT molecular complexity index is 2730. The molecule has 0 radical (unpaired) electrons. The molecular weight excluding hydrogens is 649 g/mol. The van der Waals surface area contributed by atoms with Crippen molar-refractivity contribution in [1.29, 1.82) is 0 Å². The van der Waals surface area contributed by atoms with Crippen molar-refractivity contribution in [2.24, 2.45) is 0 Å². The Morgan fingerprint density at radius 3 is 1.70 bits per heavy atom. The van der Waals surface area contributed by atoms with E-state index in [-0.39, 0.29) is 5.91 Å². The van der Waals surface area contributed by atoms with Gasteiger partial charge >= 0.3 is 0 Å². The van der Waals surface area contributed by atoms with E-state index in [4.69, 9.17) is 0 Å². The van der Waals surface area contributed by atoms with Gasteiger partial charge in [0.15, 0.2) is 6.23 Å². The predicted molar refractivity (Wildman–Crippen MR) is 219 cm³/mol. The number of carbonyl (C=O) groups is 1. The Morgan fingerprint density at radius 2 is 1.06 bits per heavy atom. The number of aliphatic hydroxyl groups is 1. The number of fused-ring (bicyclic) bond motifs is 4. The Balaban J connectivity index is 1.29. The van der Waals surface area contributed by atoms with E-state index in [9.17, 15) is 9.90 Å². The van der Waals surface area contributed by atoms with Crippen LogP contribution in [0.2, 0.25) is 0 Å². The van der Waals surface area contributed by atoms with Crippen LogP contribution in [0.4, 0.5) is 5.69 Å². The molecule has 1 aliphatic heterocycles. The lowest BCUT2D eigenvalue weighted by Gasteiger charge is -2.21. The van der Waals surface area contributed by atoms with Gasteiger partial charge in [-0.1, -0.05) is 115 Å². The number of rotatable bonds is 5. The molecule has 1 unspecified atom stereocenters. The maximum Gasteiger partial charge on any atom is 0.263 e. The fraction of sp³-hybridized carbons (Fsp3) is 0.122. The van der Waals surface area contributed by atoms with Crippen molar-refractivity contribution in [1.82, 2.24) is 4.57 Å². The van der Waals surface area contributed by atoms with Crippen LogP contribution in [0.25, 0.3) is 60.9 Å². The molecule has 7 aromatic carbocycles. The Kier molecular flexibility index (Phi) is 7.69. The molecule has 0 spiro atoms. The molecular formula is C49H40N2O2. The summed E-state index contributed by atoms with van der Waals surface area (Å²) in [4.78, 5) is 16.3. The van der Waals surface area contributed by atoms with Gasteiger partial charge in [-0.05, 0) is 121 Å². The van der Waals surface area contributed by atoms with Gasteiger partial charge in [0.05, 0.1) is 22.3 Å². The van der Waals surface area contributed by atoms with Gasteiger partial charge in [-0.3, -0.25) is 9.69 Å². The molecule has 4 heteroatoms. The molecule has 0 saturated carbocycles. The molecule has 53 heavy (non-hydrogen) atoms. The van der Waals surface area contributed by atoms with E-state index in [0.717, 1.165) is 49.7 Å². The molecule has 258 valence electrons. The lowest BCUT2D eigenvalue weighted by Crippen LogP contribution is -2.27. The molecule has 0 bridgehead atoms. The summed E-state index contributed by atoms with van der Waals surface area (Å²) >= 11 is 0. The molecule has 0 fully saturated rings. The zero-order valence-electron chi connectivity index (χ0n) is 30.6. The first-order chi connectivity index (χ1) is 25.7. The van der Waals surface area contributed by atoms with Crippen LogP contribution in [0.3, 0.4) is 0 Å². The molecule has 1 atom stereocenters. The fourth-order valence-corrected chi connectivity index (χ4v) is 8.78. The number of amides is 1. The number of carbonyl (C=O) groups excluding carboxylic acids is 1. The van der Waals surface area contributed by atoms with E-state index < -0.39 is 6.23 Å². The number of benzene rings is 7. The van der Waals surface area contributed by atoms with E-state index in [1.54, 1.807) is 0 Å². The van der Waals surface area contributed by atoms with Gasteiger partial charge in [-0.15, -0.1) is 0 Å². The van der Waals surface area contributed by atoms with Crippen LogP contribution in [0, 0.1) is 34.6 Å². The number of aliphatic hydroxyl groups excluding tert-OH is 1. The van der Waals surface area contributed by atoms with Crippen LogP contribution >= 0.6 is 0 Å². The maximum atomic E-state index is 14.8. The SMILES string of the molecule is Cc1cc(C)c(-c2ccc3c4ccc(-c5c(C)cccc5C)cc4n(-c4cccc5c4C(=O)N(c4cccc(-c6ccccc6)c4)C5O)c3c2)c(C)c1. The van der Waals surface area contributed by atoms with Crippen molar-refractivity contribution >= 4 is 33.4 Å². The number of aryl methyl sites for hydroxylation is 5. The molecule has 1 aromatic heterocycles. The molecule has 8 aromatic rings. The van der Waals surface area contributed by atoms with Crippen LogP contribution in [-0.2, 0) is 0 Å². The van der Waals surface area contributed by atoms with Crippen LogP contribution in [0.5, 0.6) is 0 Å². The zero-order chi connectivity index (χ0) is 36.5. The minimum absolute atomic E-state index is 0.226. The first kappa shape index (κ1) is 32.7. The van der Waals surface area contributed by atoms with E-state index in [1.807, 2.05) is 60.7 Å². The number of hydrogen-bond donors (Lipinski definition) is 1. The second-order valence-electron chi connectivity index (χ2n) is 14.5. The van der Waals surface area contributed by atoms with Crippen molar-refractivity contribution < 1.29 is 9.90 Å². The Morgan fingerprint density at radius 1 is 0.491 bits per heavy atom. The van der Waals surface area contributed by atoms with Crippen LogP contribution in [0.15, 0.2) is 140 Å². The van der Waals surface area contributed by atoms with Crippen molar-refractivity contribution in [3.05, 3.63) is 178 Å².